The fraction of sp³-hybridized carbons (Fsp3) is 0.250. The molecule has 0 heterocycles. The molecule has 0 aromatic heterocycles. The number of aryl methyl sites for hydroxylation is 1. The van der Waals surface area contributed by atoms with E-state index in [-0.39, 0.29) is 30.8 Å². The molecule has 0 aliphatic heterocycles. The molecule has 4 N–H and O–H groups in total. The molecule has 0 aliphatic rings. The number of carbonyl (C=O) groups excluding carboxylic acids is 2. The average Bonchev–Trinajstić information content (AvgIpc) is 3.14. The van der Waals surface area contributed by atoms with Crippen molar-refractivity contribution in [1.29, 1.82) is 0 Å². The molecule has 0 unspecified atom stereocenters. The summed E-state index contributed by atoms with van der Waals surface area (Å²) in [6.45, 7) is -0.200. The van der Waals surface area contributed by atoms with Crippen LogP contribution in [0, 0.1) is 0 Å². The van der Waals surface area contributed by atoms with Gasteiger partial charge < -0.3 is 29.9 Å². The van der Waals surface area contributed by atoms with Gasteiger partial charge in [-0.2, -0.15) is 0 Å². The van der Waals surface area contributed by atoms with Gasteiger partial charge in [0, 0.05) is 0 Å². The van der Waals surface area contributed by atoms with Crippen LogP contribution in [0.4, 0.5) is 0 Å². The maximum absolute atomic E-state index is 13.0. The first kappa shape index (κ1) is 38.5. The van der Waals surface area contributed by atoms with Gasteiger partial charge in [0.25, 0.3) is 0 Å². The van der Waals surface area contributed by atoms with E-state index in [1.807, 2.05) is 6.07 Å². The van der Waals surface area contributed by atoms with Crippen molar-refractivity contribution in [2.24, 2.45) is 0 Å². The minimum absolute atomic E-state index is 0.0155. The van der Waals surface area contributed by atoms with Crippen LogP contribution >= 0.6 is 0 Å². The molecule has 12 heteroatoms. The number of aromatic carboxylic acids is 2. The van der Waals surface area contributed by atoms with E-state index in [2.05, 4.69) is 0 Å². The molecule has 0 saturated heterocycles. The number of unbranched alkanes of at least 4 members (excludes halogenated alkanes) is 4. The highest BCUT2D eigenvalue weighted by Crippen LogP contribution is 2.36. The number of carbonyl (C=O) groups is 6. The number of aliphatic carboxylic acids is 2. The van der Waals surface area contributed by atoms with Crippen molar-refractivity contribution in [3.63, 3.8) is 0 Å². The second-order valence-corrected chi connectivity index (χ2v) is 12.1. The van der Waals surface area contributed by atoms with Gasteiger partial charge in [0.15, 0.2) is 5.41 Å². The molecular weight excluding hydrogens is 672 g/mol. The van der Waals surface area contributed by atoms with Crippen LogP contribution in [0.2, 0.25) is 0 Å². The second-order valence-electron chi connectivity index (χ2n) is 12.1. The summed E-state index contributed by atoms with van der Waals surface area (Å²) in [5.74, 6) is -8.31. The molecule has 4 aromatic rings. The zero-order valence-electron chi connectivity index (χ0n) is 28.2. The number of hydrogen-bond donors (Lipinski definition) is 4. The molecule has 0 atom stereocenters. The molecule has 0 spiro atoms. The van der Waals surface area contributed by atoms with Crippen molar-refractivity contribution in [1.82, 2.24) is 0 Å². The van der Waals surface area contributed by atoms with Gasteiger partial charge in [-0.25, -0.2) is 19.2 Å². The van der Waals surface area contributed by atoms with Crippen molar-refractivity contribution >= 4 is 35.8 Å². The van der Waals surface area contributed by atoms with Gasteiger partial charge in [0.05, 0.1) is 22.3 Å². The minimum Gasteiger partial charge on any atom is -0.480 e. The minimum atomic E-state index is -2.67. The van der Waals surface area contributed by atoms with Gasteiger partial charge in [-0.1, -0.05) is 111 Å². The van der Waals surface area contributed by atoms with Crippen LogP contribution in [0.5, 0.6) is 0 Å². The first-order valence-corrected chi connectivity index (χ1v) is 16.6. The summed E-state index contributed by atoms with van der Waals surface area (Å²) in [4.78, 5) is 75.7. The van der Waals surface area contributed by atoms with Crippen molar-refractivity contribution < 1.29 is 58.7 Å². The molecule has 52 heavy (non-hydrogen) atoms. The lowest BCUT2D eigenvalue weighted by Gasteiger charge is -2.27. The molecule has 0 aliphatic carbocycles. The summed E-state index contributed by atoms with van der Waals surface area (Å²) in [5, 5.41) is 40.5. The van der Waals surface area contributed by atoms with Crippen molar-refractivity contribution in [3.05, 3.63) is 142 Å². The van der Waals surface area contributed by atoms with Gasteiger partial charge in [0.1, 0.15) is 13.2 Å². The van der Waals surface area contributed by atoms with Gasteiger partial charge >= 0.3 is 35.8 Å². The number of ether oxygens (including phenoxy) is 2. The smallest absolute Gasteiger partial charge is 0.339 e. The average molecular weight is 711 g/mol. The number of carboxylic acids is 4. The quantitative estimate of drug-likeness (QED) is 0.0452. The molecule has 0 bridgehead atoms. The molecule has 0 amide bonds. The number of hydrogen-bond acceptors (Lipinski definition) is 8. The summed E-state index contributed by atoms with van der Waals surface area (Å²) in [7, 11) is 0. The molecule has 270 valence electrons. The van der Waals surface area contributed by atoms with Gasteiger partial charge in [0.2, 0.25) is 0 Å². The first-order valence-electron chi connectivity index (χ1n) is 16.6. The van der Waals surface area contributed by atoms with E-state index in [1.54, 1.807) is 66.7 Å². The maximum Gasteiger partial charge on any atom is 0.339 e. The Morgan fingerprint density at radius 1 is 0.500 bits per heavy atom. The van der Waals surface area contributed by atoms with Crippen LogP contribution in [-0.4, -0.2) is 56.2 Å². The summed E-state index contributed by atoms with van der Waals surface area (Å²) < 4.78 is 10.6. The van der Waals surface area contributed by atoms with Gasteiger partial charge in [-0.3, -0.25) is 9.59 Å². The normalized spacial score (nSPS) is 11.0. The molecule has 0 saturated carbocycles. The van der Waals surface area contributed by atoms with Crippen LogP contribution in [0.25, 0.3) is 0 Å². The van der Waals surface area contributed by atoms with Crippen LogP contribution in [-0.2, 0) is 44.1 Å². The Labute approximate surface area is 299 Å². The van der Waals surface area contributed by atoms with Crippen molar-refractivity contribution in [2.45, 2.75) is 63.6 Å². The molecule has 4 rings (SSSR count). The largest absolute Gasteiger partial charge is 0.480 e. The summed E-state index contributed by atoms with van der Waals surface area (Å²) in [5.41, 5.74) is -2.82. The van der Waals surface area contributed by atoms with Crippen LogP contribution in [0.15, 0.2) is 97.1 Å². The number of rotatable bonds is 19. The Morgan fingerprint density at radius 3 is 1.46 bits per heavy atom. The van der Waals surface area contributed by atoms with E-state index in [4.69, 9.17) is 9.47 Å². The topological polar surface area (TPSA) is 202 Å². The number of benzene rings is 4. The predicted octanol–water partition coefficient (Wildman–Crippen LogP) is 6.79. The first-order chi connectivity index (χ1) is 25.0. The molecule has 12 nitrogen and oxygen atoms in total. The fourth-order valence-electron chi connectivity index (χ4n) is 6.05. The maximum atomic E-state index is 13.0. The second kappa shape index (κ2) is 18.1. The van der Waals surface area contributed by atoms with E-state index in [0.29, 0.717) is 43.2 Å². The lowest BCUT2D eigenvalue weighted by atomic mass is 9.73. The van der Waals surface area contributed by atoms with E-state index in [1.165, 1.54) is 12.1 Å². The van der Waals surface area contributed by atoms with Crippen molar-refractivity contribution in [2.75, 3.05) is 0 Å². The van der Waals surface area contributed by atoms with E-state index < -0.39 is 64.3 Å². The van der Waals surface area contributed by atoms with E-state index >= 15 is 0 Å². The zero-order valence-corrected chi connectivity index (χ0v) is 28.2. The Hall–Kier alpha value is -6.30. The lowest BCUT2D eigenvalue weighted by Crippen LogP contribution is -2.45. The van der Waals surface area contributed by atoms with Crippen molar-refractivity contribution in [3.8, 4) is 0 Å². The summed E-state index contributed by atoms with van der Waals surface area (Å²) >= 11 is 0. The summed E-state index contributed by atoms with van der Waals surface area (Å²) in [6, 6.07) is 25.6. The predicted molar refractivity (Wildman–Crippen MR) is 186 cm³/mol. The standard InChI is InChI=1S/C40H38O12/c41-34(42)32-28(19-12-20-29(32)36(45)51-24-26-14-6-4-7-15-26)18-10-2-1-3-11-23-40(38(47)48,39(49)50)31-22-13-21-30(33(31)35(43)44)37(46)52-25-27-16-8-5-9-17-27/h4-9,12-17,19-22H,1-3,10-11,18,23-25H2,(H,41,42)(H,43,44)(H,47,48)(H,49,50). The van der Waals surface area contributed by atoms with Gasteiger partial charge in [-0.05, 0) is 53.6 Å². The Balaban J connectivity index is 1.40. The summed E-state index contributed by atoms with van der Waals surface area (Å²) in [6.07, 6.45) is 1.93. The highest BCUT2D eigenvalue weighted by Gasteiger charge is 2.50. The zero-order chi connectivity index (χ0) is 37.7. The fourth-order valence-corrected chi connectivity index (χ4v) is 6.05. The molecule has 0 radical (unpaired) electrons. The third kappa shape index (κ3) is 9.27. The van der Waals surface area contributed by atoms with E-state index in [9.17, 15) is 49.2 Å². The van der Waals surface area contributed by atoms with Gasteiger partial charge in [-0.15, -0.1) is 0 Å². The Morgan fingerprint density at radius 2 is 0.962 bits per heavy atom. The molecule has 0 fully saturated rings. The monoisotopic (exact) mass is 710 g/mol. The highest BCUT2D eigenvalue weighted by molar-refractivity contribution is 6.10. The Bertz CT molecular complexity index is 1900. The van der Waals surface area contributed by atoms with E-state index in [0.717, 1.165) is 17.7 Å². The van der Waals surface area contributed by atoms with Crippen LogP contribution in [0.1, 0.15) is 102 Å². The molecular formula is C40H38O12. The third-order valence-electron chi connectivity index (χ3n) is 8.70. The lowest BCUT2D eigenvalue weighted by molar-refractivity contribution is -0.158. The number of esters is 2. The SMILES string of the molecule is O=C(OCc1ccccc1)c1cccc(CCCCCCCC(C(=O)O)(C(=O)O)c2cccc(C(=O)OCc3ccccc3)c2C(=O)O)c1C(=O)O. The Kier molecular flexibility index (Phi) is 13.4. The van der Waals surface area contributed by atoms with Crippen LogP contribution in [0.3, 0.4) is 0 Å². The third-order valence-corrected chi connectivity index (χ3v) is 8.70. The number of carboxylic acid groups (broad SMARTS) is 4. The van der Waals surface area contributed by atoms with Crippen LogP contribution < -0.4 is 0 Å². The molecule has 4 aromatic carbocycles. The highest BCUT2D eigenvalue weighted by atomic mass is 16.5.